The molecule has 0 saturated carbocycles. The molecule has 0 saturated heterocycles. The lowest BCUT2D eigenvalue weighted by Crippen LogP contribution is -2.37. The predicted molar refractivity (Wildman–Crippen MR) is 83.9 cm³/mol. The van der Waals surface area contributed by atoms with Gasteiger partial charge in [0.05, 0.1) is 26.1 Å². The van der Waals surface area contributed by atoms with Gasteiger partial charge in [0, 0.05) is 10.6 Å². The average molecular weight is 321 g/mol. The van der Waals surface area contributed by atoms with Crippen LogP contribution >= 0.6 is 11.8 Å². The van der Waals surface area contributed by atoms with Crippen molar-refractivity contribution in [3.05, 3.63) is 36.2 Å². The van der Waals surface area contributed by atoms with E-state index in [0.717, 1.165) is 16.3 Å². The van der Waals surface area contributed by atoms with Gasteiger partial charge in [-0.05, 0) is 32.0 Å². The first-order chi connectivity index (χ1) is 10.5. The molecule has 1 aromatic heterocycles. The molecule has 7 heteroatoms. The summed E-state index contributed by atoms with van der Waals surface area (Å²) in [5.74, 6) is 1.12. The van der Waals surface area contributed by atoms with E-state index in [-0.39, 0.29) is 5.97 Å². The molecular weight excluding hydrogens is 302 g/mol. The Morgan fingerprint density at radius 1 is 1.36 bits per heavy atom. The highest BCUT2D eigenvalue weighted by Gasteiger charge is 2.32. The number of carbonyl (C=O) groups excluding carboxylic acids is 1. The molecule has 0 spiro atoms. The Kier molecular flexibility index (Phi) is 5.07. The molecule has 0 aliphatic carbocycles. The number of hydrogen-bond acceptors (Lipinski definition) is 6. The van der Waals surface area contributed by atoms with Crippen LogP contribution in [0.2, 0.25) is 0 Å². The van der Waals surface area contributed by atoms with Gasteiger partial charge in [-0.1, -0.05) is 11.3 Å². The zero-order chi connectivity index (χ0) is 16.2. The number of methoxy groups -OCH3 is 2. The van der Waals surface area contributed by atoms with Gasteiger partial charge in [-0.3, -0.25) is 0 Å². The third kappa shape index (κ3) is 3.59. The Morgan fingerprint density at radius 2 is 2.14 bits per heavy atom. The molecule has 0 aliphatic heterocycles. The first kappa shape index (κ1) is 16.4. The van der Waals surface area contributed by atoms with E-state index >= 15 is 0 Å². The fourth-order valence-corrected chi connectivity index (χ4v) is 2.65. The monoisotopic (exact) mass is 321 g/mol. The number of hydrogen-bond donors (Lipinski definition) is 0. The number of carbonyl (C=O) groups is 1. The predicted octanol–water partition coefficient (Wildman–Crippen LogP) is 2.49. The van der Waals surface area contributed by atoms with Crippen LogP contribution in [0.25, 0.3) is 0 Å². The second-order valence-electron chi connectivity index (χ2n) is 5.17. The Morgan fingerprint density at radius 3 is 2.82 bits per heavy atom. The largest absolute Gasteiger partial charge is 0.497 e. The molecule has 0 radical (unpaired) electrons. The standard InChI is InChI=1S/C15H19N3O3S/c1-15(2,14(19)21-4)18-9-11(16-17-18)10-22-13-7-5-6-12(8-13)20-3/h5-9H,10H2,1-4H3. The number of thioether (sulfide) groups is 1. The summed E-state index contributed by atoms with van der Waals surface area (Å²) in [4.78, 5) is 12.8. The number of aromatic nitrogens is 3. The molecule has 0 bridgehead atoms. The van der Waals surface area contributed by atoms with Crippen molar-refractivity contribution in [1.29, 1.82) is 0 Å². The van der Waals surface area contributed by atoms with Gasteiger partial charge >= 0.3 is 5.97 Å². The Balaban J connectivity index is 2.04. The van der Waals surface area contributed by atoms with Crippen LogP contribution in [0.3, 0.4) is 0 Å². The maximum Gasteiger partial charge on any atom is 0.333 e. The highest BCUT2D eigenvalue weighted by Crippen LogP contribution is 2.26. The molecular formula is C15H19N3O3S. The summed E-state index contributed by atoms with van der Waals surface area (Å²) in [5, 5.41) is 8.14. The van der Waals surface area contributed by atoms with E-state index in [1.165, 1.54) is 11.8 Å². The summed E-state index contributed by atoms with van der Waals surface area (Å²) in [7, 11) is 3.00. The van der Waals surface area contributed by atoms with E-state index in [1.807, 2.05) is 24.3 Å². The SMILES string of the molecule is COC(=O)C(C)(C)n1cc(CSc2cccc(OC)c2)nn1. The number of rotatable bonds is 6. The molecule has 2 aromatic rings. The molecule has 0 N–H and O–H groups in total. The van der Waals surface area contributed by atoms with Crippen LogP contribution in [-0.2, 0) is 20.8 Å². The van der Waals surface area contributed by atoms with Gasteiger partial charge in [0.1, 0.15) is 5.75 Å². The van der Waals surface area contributed by atoms with Crippen molar-refractivity contribution in [2.45, 2.75) is 30.0 Å². The maximum atomic E-state index is 11.8. The van der Waals surface area contributed by atoms with Crippen molar-refractivity contribution >= 4 is 17.7 Å². The van der Waals surface area contributed by atoms with E-state index < -0.39 is 5.54 Å². The zero-order valence-electron chi connectivity index (χ0n) is 13.1. The van der Waals surface area contributed by atoms with Crippen LogP contribution in [0.1, 0.15) is 19.5 Å². The van der Waals surface area contributed by atoms with Crippen LogP contribution in [0.5, 0.6) is 5.75 Å². The highest BCUT2D eigenvalue weighted by molar-refractivity contribution is 7.98. The highest BCUT2D eigenvalue weighted by atomic mass is 32.2. The van der Waals surface area contributed by atoms with E-state index in [2.05, 4.69) is 10.3 Å². The molecule has 6 nitrogen and oxygen atoms in total. The smallest absolute Gasteiger partial charge is 0.333 e. The fourth-order valence-electron chi connectivity index (χ4n) is 1.83. The maximum absolute atomic E-state index is 11.8. The molecule has 0 unspecified atom stereocenters. The van der Waals surface area contributed by atoms with Crippen molar-refractivity contribution in [2.24, 2.45) is 0 Å². The third-order valence-electron chi connectivity index (χ3n) is 3.23. The van der Waals surface area contributed by atoms with Crippen molar-refractivity contribution in [3.8, 4) is 5.75 Å². The first-order valence-electron chi connectivity index (χ1n) is 6.74. The minimum atomic E-state index is -0.874. The molecule has 0 aliphatic rings. The van der Waals surface area contributed by atoms with Crippen LogP contribution < -0.4 is 4.74 Å². The molecule has 2 rings (SSSR count). The Hall–Kier alpha value is -2.02. The van der Waals surface area contributed by atoms with Crippen molar-refractivity contribution in [3.63, 3.8) is 0 Å². The Bertz CT molecular complexity index is 655. The van der Waals surface area contributed by atoms with Crippen molar-refractivity contribution < 1.29 is 14.3 Å². The van der Waals surface area contributed by atoms with Crippen LogP contribution in [0.15, 0.2) is 35.4 Å². The average Bonchev–Trinajstić information content (AvgIpc) is 3.02. The van der Waals surface area contributed by atoms with Gasteiger partial charge in [0.2, 0.25) is 0 Å². The quantitative estimate of drug-likeness (QED) is 0.601. The van der Waals surface area contributed by atoms with Gasteiger partial charge in [0.25, 0.3) is 0 Å². The molecule has 22 heavy (non-hydrogen) atoms. The number of nitrogens with zero attached hydrogens (tertiary/aromatic N) is 3. The lowest BCUT2D eigenvalue weighted by Gasteiger charge is -2.20. The van der Waals surface area contributed by atoms with Crippen LogP contribution in [-0.4, -0.2) is 35.2 Å². The van der Waals surface area contributed by atoms with E-state index in [1.54, 1.807) is 38.9 Å². The van der Waals surface area contributed by atoms with Crippen LogP contribution in [0.4, 0.5) is 0 Å². The summed E-state index contributed by atoms with van der Waals surface area (Å²) in [5.41, 5.74) is -0.0783. The molecule has 118 valence electrons. The van der Waals surface area contributed by atoms with Gasteiger partial charge in [-0.25, -0.2) is 9.48 Å². The summed E-state index contributed by atoms with van der Waals surface area (Å²) in [6.07, 6.45) is 1.77. The van der Waals surface area contributed by atoms with E-state index in [9.17, 15) is 4.79 Å². The van der Waals surface area contributed by atoms with E-state index in [4.69, 9.17) is 9.47 Å². The van der Waals surface area contributed by atoms with Crippen LogP contribution in [0, 0.1) is 0 Å². The molecule has 0 fully saturated rings. The lowest BCUT2D eigenvalue weighted by molar-refractivity contribution is -0.150. The van der Waals surface area contributed by atoms with Crippen molar-refractivity contribution in [2.75, 3.05) is 14.2 Å². The van der Waals surface area contributed by atoms with Crippen molar-refractivity contribution in [1.82, 2.24) is 15.0 Å². The minimum Gasteiger partial charge on any atom is -0.497 e. The summed E-state index contributed by atoms with van der Waals surface area (Å²) < 4.78 is 11.5. The summed E-state index contributed by atoms with van der Waals surface area (Å²) in [6.45, 7) is 3.49. The summed E-state index contributed by atoms with van der Waals surface area (Å²) >= 11 is 1.63. The van der Waals surface area contributed by atoms with Gasteiger partial charge in [-0.15, -0.1) is 16.9 Å². The fraction of sp³-hybridized carbons (Fsp3) is 0.400. The summed E-state index contributed by atoms with van der Waals surface area (Å²) in [6, 6.07) is 7.82. The van der Waals surface area contributed by atoms with Gasteiger partial charge < -0.3 is 9.47 Å². The third-order valence-corrected chi connectivity index (χ3v) is 4.25. The second kappa shape index (κ2) is 6.83. The molecule has 1 heterocycles. The molecule has 0 amide bonds. The van der Waals surface area contributed by atoms with Gasteiger partial charge in [-0.2, -0.15) is 0 Å². The number of esters is 1. The first-order valence-corrected chi connectivity index (χ1v) is 7.73. The van der Waals surface area contributed by atoms with E-state index in [0.29, 0.717) is 5.75 Å². The number of benzene rings is 1. The molecule has 1 aromatic carbocycles. The van der Waals surface area contributed by atoms with Gasteiger partial charge in [0.15, 0.2) is 5.54 Å². The zero-order valence-corrected chi connectivity index (χ0v) is 13.9. The second-order valence-corrected chi connectivity index (χ2v) is 6.22. The Labute approximate surface area is 133 Å². The number of ether oxygens (including phenoxy) is 2. The normalized spacial score (nSPS) is 11.3. The lowest BCUT2D eigenvalue weighted by atomic mass is 10.1. The topological polar surface area (TPSA) is 66.2 Å². The minimum absolute atomic E-state index is 0.357. The molecule has 0 atom stereocenters.